The molecule has 1 N–H and O–H groups in total. The van der Waals surface area contributed by atoms with Crippen LogP contribution in [0.1, 0.15) is 36.9 Å². The average Bonchev–Trinajstić information content (AvgIpc) is 3.00. The van der Waals surface area contributed by atoms with Gasteiger partial charge in [-0.3, -0.25) is 4.79 Å². The first-order chi connectivity index (χ1) is 12.1. The summed E-state index contributed by atoms with van der Waals surface area (Å²) in [5.74, 6) is 0.283. The van der Waals surface area contributed by atoms with Gasteiger partial charge in [-0.05, 0) is 56.4 Å². The highest BCUT2D eigenvalue weighted by atomic mass is 19.1. The van der Waals surface area contributed by atoms with Gasteiger partial charge in [-0.15, -0.1) is 0 Å². The standard InChI is InChI=1S/C19H24FN3O2/c1-14-16(12-23(22-14)18-7-5-17(20)6-8-18)11-21-19(24)9-4-15-3-2-10-25-13-15/h5-8,12,15H,2-4,9-11,13H2,1H3,(H,21,24)/t15-/m0/s1. The van der Waals surface area contributed by atoms with Crippen LogP contribution in [0, 0.1) is 18.7 Å². The van der Waals surface area contributed by atoms with Crippen LogP contribution in [0.4, 0.5) is 4.39 Å². The summed E-state index contributed by atoms with van der Waals surface area (Å²) in [4.78, 5) is 12.1. The quantitative estimate of drug-likeness (QED) is 0.875. The number of nitrogens with one attached hydrogen (secondary N) is 1. The highest BCUT2D eigenvalue weighted by molar-refractivity contribution is 5.75. The average molecular weight is 345 g/mol. The van der Waals surface area contributed by atoms with Crippen LogP contribution in [-0.2, 0) is 16.1 Å². The van der Waals surface area contributed by atoms with Crippen LogP contribution in [0.2, 0.25) is 0 Å². The lowest BCUT2D eigenvalue weighted by atomic mass is 9.97. The molecule has 1 aromatic heterocycles. The lowest BCUT2D eigenvalue weighted by molar-refractivity contribution is -0.121. The molecule has 0 unspecified atom stereocenters. The molecule has 1 aliphatic rings. The molecule has 1 saturated heterocycles. The fourth-order valence-electron chi connectivity index (χ4n) is 3.05. The molecule has 1 aromatic carbocycles. The first kappa shape index (κ1) is 17.6. The lowest BCUT2D eigenvalue weighted by Crippen LogP contribution is -2.25. The summed E-state index contributed by atoms with van der Waals surface area (Å²) in [6.45, 7) is 3.98. The molecule has 6 heteroatoms. The zero-order chi connectivity index (χ0) is 17.6. The van der Waals surface area contributed by atoms with Gasteiger partial charge in [0, 0.05) is 37.9 Å². The van der Waals surface area contributed by atoms with E-state index < -0.39 is 0 Å². The number of carbonyl (C=O) groups excluding carboxylic acids is 1. The van der Waals surface area contributed by atoms with E-state index in [9.17, 15) is 9.18 Å². The molecule has 1 aliphatic heterocycles. The molecule has 1 atom stereocenters. The zero-order valence-corrected chi connectivity index (χ0v) is 14.5. The molecule has 1 amide bonds. The van der Waals surface area contributed by atoms with E-state index in [1.54, 1.807) is 16.8 Å². The minimum atomic E-state index is -0.275. The molecule has 0 bridgehead atoms. The summed E-state index contributed by atoms with van der Waals surface area (Å²) in [6.07, 6.45) is 5.52. The number of hydrogen-bond donors (Lipinski definition) is 1. The van der Waals surface area contributed by atoms with Gasteiger partial charge in [-0.25, -0.2) is 9.07 Å². The van der Waals surface area contributed by atoms with Crippen LogP contribution in [-0.4, -0.2) is 28.9 Å². The van der Waals surface area contributed by atoms with E-state index in [0.29, 0.717) is 18.9 Å². The number of hydrogen-bond acceptors (Lipinski definition) is 3. The van der Waals surface area contributed by atoms with E-state index in [1.165, 1.54) is 12.1 Å². The van der Waals surface area contributed by atoms with E-state index >= 15 is 0 Å². The molecular formula is C19H24FN3O2. The van der Waals surface area contributed by atoms with Crippen LogP contribution < -0.4 is 5.32 Å². The molecule has 25 heavy (non-hydrogen) atoms. The minimum absolute atomic E-state index is 0.0551. The topological polar surface area (TPSA) is 56.2 Å². The fourth-order valence-corrected chi connectivity index (χ4v) is 3.05. The minimum Gasteiger partial charge on any atom is -0.381 e. The number of nitrogens with zero attached hydrogens (tertiary/aromatic N) is 2. The van der Waals surface area contributed by atoms with Crippen molar-refractivity contribution in [1.82, 2.24) is 15.1 Å². The van der Waals surface area contributed by atoms with Gasteiger partial charge in [0.15, 0.2) is 0 Å². The Bertz CT molecular complexity index is 706. The number of benzene rings is 1. The van der Waals surface area contributed by atoms with Gasteiger partial charge in [0.25, 0.3) is 0 Å². The van der Waals surface area contributed by atoms with Gasteiger partial charge in [-0.2, -0.15) is 5.10 Å². The Balaban J connectivity index is 1.50. The summed E-state index contributed by atoms with van der Waals surface area (Å²) < 4.78 is 20.2. The van der Waals surface area contributed by atoms with Crippen molar-refractivity contribution in [2.75, 3.05) is 13.2 Å². The monoisotopic (exact) mass is 345 g/mol. The summed E-state index contributed by atoms with van der Waals surface area (Å²) in [5.41, 5.74) is 2.60. The number of amides is 1. The third kappa shape index (κ3) is 4.89. The maximum absolute atomic E-state index is 13.0. The Morgan fingerprint density at radius 1 is 1.40 bits per heavy atom. The predicted molar refractivity (Wildman–Crippen MR) is 92.9 cm³/mol. The number of aryl methyl sites for hydroxylation is 1. The molecule has 2 aromatic rings. The largest absolute Gasteiger partial charge is 0.381 e. The van der Waals surface area contributed by atoms with Crippen molar-refractivity contribution >= 4 is 5.91 Å². The van der Waals surface area contributed by atoms with E-state index in [0.717, 1.165) is 49.4 Å². The molecule has 3 rings (SSSR count). The summed E-state index contributed by atoms with van der Waals surface area (Å²) in [6, 6.07) is 6.16. The molecule has 0 aliphatic carbocycles. The SMILES string of the molecule is Cc1nn(-c2ccc(F)cc2)cc1CNC(=O)CC[C@@H]1CCCOC1. The van der Waals surface area contributed by atoms with Gasteiger partial charge in [0.05, 0.1) is 11.4 Å². The molecule has 5 nitrogen and oxygen atoms in total. The molecule has 134 valence electrons. The second-order valence-corrected chi connectivity index (χ2v) is 6.56. The van der Waals surface area contributed by atoms with Gasteiger partial charge in [0.2, 0.25) is 5.91 Å². The molecule has 0 spiro atoms. The Labute approximate surface area is 147 Å². The summed E-state index contributed by atoms with van der Waals surface area (Å²) in [5, 5.41) is 7.39. The van der Waals surface area contributed by atoms with E-state index in [-0.39, 0.29) is 11.7 Å². The van der Waals surface area contributed by atoms with E-state index in [1.807, 2.05) is 13.1 Å². The van der Waals surface area contributed by atoms with Crippen LogP contribution in [0.5, 0.6) is 0 Å². The molecule has 0 radical (unpaired) electrons. The van der Waals surface area contributed by atoms with Crippen LogP contribution >= 0.6 is 0 Å². The molecule has 0 saturated carbocycles. The van der Waals surface area contributed by atoms with Crippen molar-refractivity contribution in [1.29, 1.82) is 0 Å². The van der Waals surface area contributed by atoms with Gasteiger partial charge in [0.1, 0.15) is 5.82 Å². The summed E-state index contributed by atoms with van der Waals surface area (Å²) >= 11 is 0. The van der Waals surface area contributed by atoms with Gasteiger partial charge in [-0.1, -0.05) is 0 Å². The predicted octanol–water partition coefficient (Wildman–Crippen LogP) is 3.14. The smallest absolute Gasteiger partial charge is 0.220 e. The number of ether oxygens (including phenoxy) is 1. The highest BCUT2D eigenvalue weighted by Crippen LogP contribution is 2.18. The molecule has 1 fully saturated rings. The highest BCUT2D eigenvalue weighted by Gasteiger charge is 2.15. The van der Waals surface area contributed by atoms with Crippen LogP contribution in [0.15, 0.2) is 30.5 Å². The van der Waals surface area contributed by atoms with Crippen molar-refractivity contribution in [3.63, 3.8) is 0 Å². The molecule has 2 heterocycles. The van der Waals surface area contributed by atoms with Crippen LogP contribution in [0.25, 0.3) is 5.69 Å². The van der Waals surface area contributed by atoms with Gasteiger partial charge >= 0.3 is 0 Å². The number of halogens is 1. The zero-order valence-electron chi connectivity index (χ0n) is 14.5. The first-order valence-electron chi connectivity index (χ1n) is 8.77. The summed E-state index contributed by atoms with van der Waals surface area (Å²) in [7, 11) is 0. The normalized spacial score (nSPS) is 17.4. The second kappa shape index (κ2) is 8.25. The van der Waals surface area contributed by atoms with Gasteiger partial charge < -0.3 is 10.1 Å². The van der Waals surface area contributed by atoms with E-state index in [4.69, 9.17) is 4.74 Å². The van der Waals surface area contributed by atoms with Crippen molar-refractivity contribution in [2.24, 2.45) is 5.92 Å². The second-order valence-electron chi connectivity index (χ2n) is 6.56. The Kier molecular flexibility index (Phi) is 5.81. The Hall–Kier alpha value is -2.21. The van der Waals surface area contributed by atoms with Crippen molar-refractivity contribution in [3.05, 3.63) is 47.5 Å². The first-order valence-corrected chi connectivity index (χ1v) is 8.77. The fraction of sp³-hybridized carbons (Fsp3) is 0.474. The number of carbonyl (C=O) groups is 1. The Morgan fingerprint density at radius 2 is 2.20 bits per heavy atom. The number of aromatic nitrogens is 2. The molecular weight excluding hydrogens is 321 g/mol. The van der Waals surface area contributed by atoms with Crippen molar-refractivity contribution < 1.29 is 13.9 Å². The lowest BCUT2D eigenvalue weighted by Gasteiger charge is -2.21. The van der Waals surface area contributed by atoms with E-state index in [2.05, 4.69) is 10.4 Å². The van der Waals surface area contributed by atoms with Crippen LogP contribution in [0.3, 0.4) is 0 Å². The van der Waals surface area contributed by atoms with Crippen molar-refractivity contribution in [3.8, 4) is 5.69 Å². The maximum atomic E-state index is 13.0. The number of rotatable bonds is 6. The maximum Gasteiger partial charge on any atom is 0.220 e. The third-order valence-electron chi connectivity index (χ3n) is 4.60. The van der Waals surface area contributed by atoms with Crippen molar-refractivity contribution in [2.45, 2.75) is 39.2 Å². The third-order valence-corrected chi connectivity index (χ3v) is 4.60. The Morgan fingerprint density at radius 3 is 2.92 bits per heavy atom.